The first-order chi connectivity index (χ1) is 15.1. The number of aromatic nitrogens is 3. The summed E-state index contributed by atoms with van der Waals surface area (Å²) in [4.78, 5) is 16.3. The highest BCUT2D eigenvalue weighted by molar-refractivity contribution is 6.17. The molecule has 3 aromatic heterocycles. The van der Waals surface area contributed by atoms with Crippen molar-refractivity contribution >= 4 is 39.5 Å². The smallest absolute Gasteiger partial charge is 0.140 e. The van der Waals surface area contributed by atoms with Crippen LogP contribution in [0.5, 0.6) is 0 Å². The predicted molar refractivity (Wildman–Crippen MR) is 117 cm³/mol. The van der Waals surface area contributed by atoms with Crippen molar-refractivity contribution in [1.29, 1.82) is 10.5 Å². The Kier molecular flexibility index (Phi) is 5.00. The van der Waals surface area contributed by atoms with Crippen LogP contribution < -0.4 is 11.1 Å². The fourth-order valence-electron chi connectivity index (χ4n) is 3.34. The second-order valence-electron chi connectivity index (χ2n) is 6.56. The number of aliphatic imine (C=N–C) groups is 1. The van der Waals surface area contributed by atoms with E-state index in [4.69, 9.17) is 5.73 Å². The number of halogens is 1. The van der Waals surface area contributed by atoms with E-state index in [1.807, 2.05) is 6.07 Å². The molecule has 3 heterocycles. The highest BCUT2D eigenvalue weighted by atomic mass is 19.1. The topological polar surface area (TPSA) is 140 Å². The molecule has 0 aliphatic carbocycles. The first kappa shape index (κ1) is 19.6. The average molecular weight is 410 g/mol. The van der Waals surface area contributed by atoms with Crippen molar-refractivity contribution in [2.45, 2.75) is 0 Å². The molecule has 150 valence electrons. The van der Waals surface area contributed by atoms with E-state index in [1.54, 1.807) is 25.5 Å². The van der Waals surface area contributed by atoms with Crippen LogP contribution in [0.2, 0.25) is 0 Å². The highest BCUT2D eigenvalue weighted by Crippen LogP contribution is 2.41. The summed E-state index contributed by atoms with van der Waals surface area (Å²) < 4.78 is 14.3. The van der Waals surface area contributed by atoms with Gasteiger partial charge in [0, 0.05) is 54.6 Å². The van der Waals surface area contributed by atoms with Gasteiger partial charge in [0.05, 0.1) is 33.4 Å². The minimum absolute atomic E-state index is 0.154. The minimum atomic E-state index is -0.425. The van der Waals surface area contributed by atoms with Gasteiger partial charge in [0.15, 0.2) is 0 Å². The van der Waals surface area contributed by atoms with Crippen LogP contribution in [0.15, 0.2) is 53.6 Å². The molecule has 1 aromatic carbocycles. The molecular weight excluding hydrogens is 395 g/mol. The number of nitriles is 2. The molecule has 0 fully saturated rings. The number of fused-ring (bicyclic) bond motifs is 3. The van der Waals surface area contributed by atoms with E-state index in [9.17, 15) is 14.9 Å². The molecule has 31 heavy (non-hydrogen) atoms. The number of nitrogens with one attached hydrogen (secondary N) is 2. The van der Waals surface area contributed by atoms with Gasteiger partial charge in [-0.3, -0.25) is 9.98 Å². The summed E-state index contributed by atoms with van der Waals surface area (Å²) in [6.07, 6.45) is 7.10. The van der Waals surface area contributed by atoms with Gasteiger partial charge in [-0.2, -0.15) is 10.5 Å². The second-order valence-corrected chi connectivity index (χ2v) is 6.56. The van der Waals surface area contributed by atoms with Gasteiger partial charge in [-0.15, -0.1) is 0 Å². The molecule has 8 nitrogen and oxygen atoms in total. The first-order valence-corrected chi connectivity index (χ1v) is 9.12. The molecule has 0 aliphatic heterocycles. The molecule has 0 saturated carbocycles. The maximum Gasteiger partial charge on any atom is 0.140 e. The van der Waals surface area contributed by atoms with E-state index >= 15 is 0 Å². The molecule has 0 spiro atoms. The molecule has 0 bridgehead atoms. The number of H-pyrrole nitrogens is 1. The maximum atomic E-state index is 14.3. The van der Waals surface area contributed by atoms with Crippen molar-refractivity contribution in [3.05, 3.63) is 59.9 Å². The summed E-state index contributed by atoms with van der Waals surface area (Å²) in [5.41, 5.74) is 9.34. The van der Waals surface area contributed by atoms with E-state index in [0.717, 1.165) is 6.20 Å². The van der Waals surface area contributed by atoms with Gasteiger partial charge in [-0.25, -0.2) is 9.37 Å². The fourth-order valence-corrected chi connectivity index (χ4v) is 3.34. The zero-order valence-electron chi connectivity index (χ0n) is 16.3. The van der Waals surface area contributed by atoms with Gasteiger partial charge >= 0.3 is 0 Å². The normalized spacial score (nSPS) is 11.7. The van der Waals surface area contributed by atoms with Crippen LogP contribution in [0, 0.1) is 28.5 Å². The maximum absolute atomic E-state index is 14.3. The number of hydrogen-bond acceptors (Lipinski definition) is 7. The van der Waals surface area contributed by atoms with Crippen molar-refractivity contribution < 1.29 is 4.39 Å². The van der Waals surface area contributed by atoms with E-state index in [-0.39, 0.29) is 5.57 Å². The number of benzene rings is 1. The van der Waals surface area contributed by atoms with Crippen LogP contribution in [0.25, 0.3) is 33.1 Å². The monoisotopic (exact) mass is 410 g/mol. The van der Waals surface area contributed by atoms with Gasteiger partial charge in [0.2, 0.25) is 0 Å². The van der Waals surface area contributed by atoms with Crippen LogP contribution in [-0.2, 0) is 0 Å². The summed E-state index contributed by atoms with van der Waals surface area (Å²) in [5, 5.41) is 22.5. The average Bonchev–Trinajstić information content (AvgIpc) is 3.17. The van der Waals surface area contributed by atoms with E-state index in [2.05, 4.69) is 31.3 Å². The zero-order valence-corrected chi connectivity index (χ0v) is 16.3. The van der Waals surface area contributed by atoms with Crippen molar-refractivity contribution in [2.75, 3.05) is 12.4 Å². The molecule has 0 radical (unpaired) electrons. The van der Waals surface area contributed by atoms with Crippen LogP contribution in [0.3, 0.4) is 0 Å². The molecular formula is C22H15FN8. The third kappa shape index (κ3) is 3.41. The molecule has 9 heteroatoms. The Labute approximate surface area is 176 Å². The number of aromatic amines is 1. The van der Waals surface area contributed by atoms with Gasteiger partial charge in [0.1, 0.15) is 23.6 Å². The largest absolute Gasteiger partial charge is 0.403 e. The van der Waals surface area contributed by atoms with E-state index in [1.165, 1.54) is 24.5 Å². The number of hydrogen-bond donors (Lipinski definition) is 3. The molecule has 0 atom stereocenters. The number of pyridine rings is 2. The van der Waals surface area contributed by atoms with E-state index < -0.39 is 5.82 Å². The van der Waals surface area contributed by atoms with Gasteiger partial charge in [-0.05, 0) is 18.2 Å². The summed E-state index contributed by atoms with van der Waals surface area (Å²) in [5.74, 6) is -0.425. The number of anilines is 1. The molecule has 0 amide bonds. The van der Waals surface area contributed by atoms with Gasteiger partial charge in [-0.1, -0.05) is 0 Å². The van der Waals surface area contributed by atoms with Crippen LogP contribution in [-0.4, -0.2) is 28.2 Å². The zero-order chi connectivity index (χ0) is 22.0. The molecule has 0 unspecified atom stereocenters. The SMILES string of the molecule is CNc1cc(F)cc2c1[nH]c1ncc(-c3cncc(C#N)c3)c(N=CC(C#N)=CN)c12. The van der Waals surface area contributed by atoms with Crippen molar-refractivity contribution in [2.24, 2.45) is 10.7 Å². The Morgan fingerprint density at radius 1 is 1.26 bits per heavy atom. The lowest BCUT2D eigenvalue weighted by atomic mass is 10.0. The lowest BCUT2D eigenvalue weighted by Crippen LogP contribution is -1.90. The minimum Gasteiger partial charge on any atom is -0.403 e. The fraction of sp³-hybridized carbons (Fsp3) is 0.0455. The van der Waals surface area contributed by atoms with Crippen LogP contribution in [0.4, 0.5) is 15.8 Å². The molecule has 4 N–H and O–H groups in total. The Morgan fingerprint density at radius 2 is 2.10 bits per heavy atom. The van der Waals surface area contributed by atoms with Crippen molar-refractivity contribution in [3.63, 3.8) is 0 Å². The molecule has 0 aliphatic rings. The Bertz CT molecular complexity index is 1470. The lowest BCUT2D eigenvalue weighted by Gasteiger charge is -2.08. The summed E-state index contributed by atoms with van der Waals surface area (Å²) in [6.45, 7) is 0. The molecule has 4 rings (SSSR count). The van der Waals surface area contributed by atoms with Crippen molar-refractivity contribution in [1.82, 2.24) is 15.0 Å². The number of nitrogens with zero attached hydrogens (tertiary/aromatic N) is 5. The summed E-state index contributed by atoms with van der Waals surface area (Å²) in [7, 11) is 1.70. The Hall–Kier alpha value is -4.76. The predicted octanol–water partition coefficient (Wildman–Crippen LogP) is 3.90. The van der Waals surface area contributed by atoms with Crippen molar-refractivity contribution in [3.8, 4) is 23.3 Å². The summed E-state index contributed by atoms with van der Waals surface area (Å²) in [6, 6.07) is 8.44. The van der Waals surface area contributed by atoms with Crippen LogP contribution in [0.1, 0.15) is 5.56 Å². The summed E-state index contributed by atoms with van der Waals surface area (Å²) >= 11 is 0. The van der Waals surface area contributed by atoms with E-state index in [0.29, 0.717) is 50.0 Å². The first-order valence-electron chi connectivity index (χ1n) is 9.12. The number of nitrogens with two attached hydrogens (primary N) is 1. The quantitative estimate of drug-likeness (QED) is 0.344. The third-order valence-corrected chi connectivity index (χ3v) is 4.76. The van der Waals surface area contributed by atoms with Gasteiger partial charge in [0.25, 0.3) is 0 Å². The standard InChI is InChI=1S/C22H15FN8/c1-27-18-4-15(23)3-16-19-21(29-9-13(6-25)7-26)17(11-30-22(19)31-20(16)18)14-2-12(5-24)8-28-10-14/h2-4,6,8-11,27H,25H2,1H3,(H,30,31). The number of rotatable bonds is 4. The lowest BCUT2D eigenvalue weighted by molar-refractivity contribution is 0.630. The second kappa shape index (κ2) is 7.93. The van der Waals surface area contributed by atoms with Gasteiger partial charge < -0.3 is 16.0 Å². The molecule has 4 aromatic rings. The Balaban J connectivity index is 2.12. The Morgan fingerprint density at radius 3 is 2.81 bits per heavy atom. The van der Waals surface area contributed by atoms with Crippen LogP contribution >= 0.6 is 0 Å². The highest BCUT2D eigenvalue weighted by Gasteiger charge is 2.18. The number of allylic oxidation sites excluding steroid dienone is 1. The molecule has 0 saturated heterocycles. The third-order valence-electron chi connectivity index (χ3n) is 4.76.